The second-order valence-corrected chi connectivity index (χ2v) is 5.20. The molecule has 0 bridgehead atoms. The smallest absolute Gasteiger partial charge is 0.331 e. The fraction of sp³-hybridized carbons (Fsp3) is 0.500. The number of carbonyl (C=O) groups excluding carboxylic acids is 2. The number of aliphatic hydroxyl groups excluding tert-OH is 1. The van der Waals surface area contributed by atoms with Crippen LogP contribution >= 0.6 is 11.8 Å². The molecule has 0 aromatic carbocycles. The van der Waals surface area contributed by atoms with Crippen molar-refractivity contribution in [3.05, 3.63) is 10.6 Å². The molecule has 2 rings (SSSR count). The second kappa shape index (κ2) is 4.62. The van der Waals surface area contributed by atoms with E-state index in [-0.39, 0.29) is 29.2 Å². The molecule has 0 radical (unpaired) electrons. The van der Waals surface area contributed by atoms with Crippen molar-refractivity contribution in [2.24, 2.45) is 0 Å². The van der Waals surface area contributed by atoms with Gasteiger partial charge in [-0.3, -0.25) is 9.59 Å². The molecule has 2 amide bonds. The van der Waals surface area contributed by atoms with Crippen molar-refractivity contribution in [3.63, 3.8) is 0 Å². The van der Waals surface area contributed by atoms with Crippen LogP contribution in [0.1, 0.15) is 13.3 Å². The Kier molecular flexibility index (Phi) is 3.31. The van der Waals surface area contributed by atoms with Crippen LogP contribution in [0.25, 0.3) is 0 Å². The van der Waals surface area contributed by atoms with Gasteiger partial charge in [0.05, 0.1) is 23.4 Å². The van der Waals surface area contributed by atoms with Gasteiger partial charge in [-0.2, -0.15) is 0 Å². The first-order chi connectivity index (χ1) is 8.45. The molecular weight excluding hydrogens is 260 g/mol. The van der Waals surface area contributed by atoms with Crippen LogP contribution in [0.3, 0.4) is 0 Å². The first-order valence-corrected chi connectivity index (χ1v) is 6.15. The van der Waals surface area contributed by atoms with E-state index >= 15 is 0 Å². The number of nitrogens with one attached hydrogen (secondary N) is 1. The third-order valence-corrected chi connectivity index (χ3v) is 4.06. The highest BCUT2D eigenvalue weighted by molar-refractivity contribution is 8.03. The minimum atomic E-state index is -1.21. The molecule has 1 unspecified atom stereocenters. The quantitative estimate of drug-likeness (QED) is 0.574. The summed E-state index contributed by atoms with van der Waals surface area (Å²) in [5.74, 6) is -1.81. The Balaban J connectivity index is 2.39. The van der Waals surface area contributed by atoms with Crippen molar-refractivity contribution in [2.45, 2.75) is 24.8 Å². The largest absolute Gasteiger partial charge is 0.479 e. The van der Waals surface area contributed by atoms with Crippen LogP contribution in [0.2, 0.25) is 0 Å². The van der Waals surface area contributed by atoms with Crippen molar-refractivity contribution in [2.75, 3.05) is 6.61 Å². The third kappa shape index (κ3) is 1.97. The minimum absolute atomic E-state index is 0.145. The van der Waals surface area contributed by atoms with E-state index in [1.165, 1.54) is 23.6 Å². The Labute approximate surface area is 107 Å². The first kappa shape index (κ1) is 12.9. The van der Waals surface area contributed by atoms with Crippen molar-refractivity contribution < 1.29 is 24.6 Å². The molecule has 0 aliphatic carbocycles. The number of hydrogen-bond donors (Lipinski definition) is 3. The number of hydrogen-bond acceptors (Lipinski definition) is 5. The Morgan fingerprint density at radius 2 is 2.22 bits per heavy atom. The summed E-state index contributed by atoms with van der Waals surface area (Å²) in [4.78, 5) is 34.9. The molecule has 1 saturated heterocycles. The van der Waals surface area contributed by atoms with Crippen molar-refractivity contribution in [1.29, 1.82) is 0 Å². The highest BCUT2D eigenvalue weighted by Gasteiger charge is 2.50. The lowest BCUT2D eigenvalue weighted by atomic mass is 10.0. The zero-order chi connectivity index (χ0) is 13.4. The number of aliphatic hydroxyl groups is 1. The average Bonchev–Trinajstić information content (AvgIpc) is 2.26. The number of carboxylic acid groups (broad SMARTS) is 1. The predicted molar refractivity (Wildman–Crippen MR) is 62.2 cm³/mol. The van der Waals surface area contributed by atoms with E-state index in [2.05, 4.69) is 5.32 Å². The highest BCUT2D eigenvalue weighted by atomic mass is 32.2. The molecular formula is C10H12N2O5S. The average molecular weight is 272 g/mol. The zero-order valence-corrected chi connectivity index (χ0v) is 10.4. The molecule has 0 aromatic rings. The lowest BCUT2D eigenvalue weighted by Gasteiger charge is -2.47. The van der Waals surface area contributed by atoms with Crippen LogP contribution < -0.4 is 5.32 Å². The lowest BCUT2D eigenvalue weighted by molar-refractivity contribution is -0.156. The fourth-order valence-corrected chi connectivity index (χ4v) is 3.39. The summed E-state index contributed by atoms with van der Waals surface area (Å²) in [5, 5.41) is 21.0. The molecule has 2 aliphatic heterocycles. The van der Waals surface area contributed by atoms with Gasteiger partial charge >= 0.3 is 5.97 Å². The Hall–Kier alpha value is -1.54. The fourth-order valence-electron chi connectivity index (χ4n) is 2.01. The second-order valence-electron chi connectivity index (χ2n) is 4.01. The van der Waals surface area contributed by atoms with Gasteiger partial charge in [-0.05, 0) is 0 Å². The SMILES string of the molecule is CC(=O)NC1=C(CO)C(C(=O)O)N2C(=O)C[C@H]2S1. The molecule has 98 valence electrons. The maximum absolute atomic E-state index is 11.4. The van der Waals surface area contributed by atoms with Gasteiger partial charge in [0.15, 0.2) is 6.04 Å². The third-order valence-electron chi connectivity index (χ3n) is 2.80. The summed E-state index contributed by atoms with van der Waals surface area (Å²) < 4.78 is 0. The molecule has 8 heteroatoms. The number of carbonyl (C=O) groups is 3. The van der Waals surface area contributed by atoms with Crippen LogP contribution in [0.4, 0.5) is 0 Å². The predicted octanol–water partition coefficient (Wildman–Crippen LogP) is -0.915. The van der Waals surface area contributed by atoms with E-state index in [0.717, 1.165) is 0 Å². The molecule has 7 nitrogen and oxygen atoms in total. The topological polar surface area (TPSA) is 107 Å². The molecule has 18 heavy (non-hydrogen) atoms. The van der Waals surface area contributed by atoms with Crippen LogP contribution in [0, 0.1) is 0 Å². The molecule has 0 saturated carbocycles. The highest BCUT2D eigenvalue weighted by Crippen LogP contribution is 2.42. The van der Waals surface area contributed by atoms with Crippen molar-refractivity contribution >= 4 is 29.5 Å². The molecule has 2 aliphatic rings. The summed E-state index contributed by atoms with van der Waals surface area (Å²) >= 11 is 1.20. The van der Waals surface area contributed by atoms with E-state index in [1.807, 2.05) is 0 Å². The number of amides is 2. The van der Waals surface area contributed by atoms with Gasteiger partial charge < -0.3 is 20.4 Å². The molecule has 3 N–H and O–H groups in total. The van der Waals surface area contributed by atoms with E-state index in [4.69, 9.17) is 0 Å². The molecule has 0 aromatic heterocycles. The number of aliphatic carboxylic acids is 1. The van der Waals surface area contributed by atoms with Crippen LogP contribution in [-0.4, -0.2) is 50.9 Å². The summed E-state index contributed by atoms with van der Waals surface area (Å²) in [6.45, 7) is 0.784. The number of β-lactam (4-membered cyclic amide) rings is 1. The van der Waals surface area contributed by atoms with E-state index in [0.29, 0.717) is 5.03 Å². The van der Waals surface area contributed by atoms with Gasteiger partial charge in [-0.15, -0.1) is 0 Å². The van der Waals surface area contributed by atoms with E-state index in [1.54, 1.807) is 0 Å². The van der Waals surface area contributed by atoms with E-state index < -0.39 is 18.6 Å². The van der Waals surface area contributed by atoms with Gasteiger partial charge in [-0.1, -0.05) is 11.8 Å². The number of fused-ring (bicyclic) bond motifs is 1. The standard InChI is InChI=1S/C10H12N2O5S/c1-4(14)11-9-5(3-13)8(10(16)17)12-6(15)2-7(12)18-9/h7-8,13H,2-3H2,1H3,(H,11,14)(H,16,17)/t7-,8?/m1/s1. The van der Waals surface area contributed by atoms with Gasteiger partial charge in [0, 0.05) is 12.5 Å². The molecule has 1 fully saturated rings. The Morgan fingerprint density at radius 3 is 2.67 bits per heavy atom. The minimum Gasteiger partial charge on any atom is -0.479 e. The maximum Gasteiger partial charge on any atom is 0.331 e. The van der Waals surface area contributed by atoms with Gasteiger partial charge in [0.25, 0.3) is 0 Å². The van der Waals surface area contributed by atoms with Gasteiger partial charge in [-0.25, -0.2) is 4.79 Å². The monoisotopic (exact) mass is 272 g/mol. The van der Waals surface area contributed by atoms with Crippen LogP contribution in [0.5, 0.6) is 0 Å². The normalized spacial score (nSPS) is 26.6. The Morgan fingerprint density at radius 1 is 1.56 bits per heavy atom. The van der Waals surface area contributed by atoms with Crippen LogP contribution in [-0.2, 0) is 14.4 Å². The van der Waals surface area contributed by atoms with Crippen LogP contribution in [0.15, 0.2) is 10.6 Å². The van der Waals surface area contributed by atoms with Gasteiger partial charge in [0.1, 0.15) is 0 Å². The van der Waals surface area contributed by atoms with Crippen molar-refractivity contribution in [1.82, 2.24) is 10.2 Å². The van der Waals surface area contributed by atoms with E-state index in [9.17, 15) is 24.6 Å². The Bertz CT molecular complexity index is 461. The summed E-state index contributed by atoms with van der Waals surface area (Å²) in [5.41, 5.74) is 0.145. The lowest BCUT2D eigenvalue weighted by Crippen LogP contribution is -2.62. The number of carboxylic acids is 1. The zero-order valence-electron chi connectivity index (χ0n) is 9.54. The summed E-state index contributed by atoms with van der Waals surface area (Å²) in [6, 6.07) is -1.19. The summed E-state index contributed by atoms with van der Waals surface area (Å²) in [6.07, 6.45) is 0.246. The number of thioether (sulfide) groups is 1. The van der Waals surface area contributed by atoms with Gasteiger partial charge in [0.2, 0.25) is 11.8 Å². The maximum atomic E-state index is 11.4. The van der Waals surface area contributed by atoms with Crippen molar-refractivity contribution in [3.8, 4) is 0 Å². The summed E-state index contributed by atoms with van der Waals surface area (Å²) in [7, 11) is 0. The molecule has 2 heterocycles. The molecule has 2 atom stereocenters. The molecule has 0 spiro atoms. The first-order valence-electron chi connectivity index (χ1n) is 5.27. The number of nitrogens with zero attached hydrogens (tertiary/aromatic N) is 1. The number of rotatable bonds is 3.